The number of carbonyl (C=O) groups is 1. The van der Waals surface area contributed by atoms with Gasteiger partial charge in [0.25, 0.3) is 5.91 Å². The van der Waals surface area contributed by atoms with Crippen molar-refractivity contribution < 1.29 is 4.79 Å². The number of amides is 1. The van der Waals surface area contributed by atoms with E-state index in [1.54, 1.807) is 0 Å². The number of piperidine rings is 1. The van der Waals surface area contributed by atoms with E-state index in [-0.39, 0.29) is 5.91 Å². The molecule has 20 heavy (non-hydrogen) atoms. The summed E-state index contributed by atoms with van der Waals surface area (Å²) >= 11 is 6.89. The van der Waals surface area contributed by atoms with Crippen LogP contribution in [0, 0.1) is 5.92 Å². The summed E-state index contributed by atoms with van der Waals surface area (Å²) in [5.74, 6) is 0.712. The van der Waals surface area contributed by atoms with Crippen molar-refractivity contribution in [1.82, 2.24) is 20.0 Å². The summed E-state index contributed by atoms with van der Waals surface area (Å²) in [6.07, 6.45) is 4.87. The second-order valence-corrected chi connectivity index (χ2v) is 7.16. The van der Waals surface area contributed by atoms with Crippen LogP contribution >= 0.6 is 22.9 Å². The van der Waals surface area contributed by atoms with Crippen molar-refractivity contribution in [2.45, 2.75) is 25.7 Å². The summed E-state index contributed by atoms with van der Waals surface area (Å²) in [4.78, 5) is 16.7. The third-order valence-electron chi connectivity index (χ3n) is 4.20. The fourth-order valence-electron chi connectivity index (χ4n) is 3.08. The van der Waals surface area contributed by atoms with Gasteiger partial charge in [-0.3, -0.25) is 4.79 Å². The van der Waals surface area contributed by atoms with Gasteiger partial charge in [0.1, 0.15) is 0 Å². The number of aromatic nitrogens is 2. The van der Waals surface area contributed by atoms with E-state index < -0.39 is 0 Å². The molecule has 3 rings (SSSR count). The number of hydrogen-bond donors (Lipinski definition) is 0. The van der Waals surface area contributed by atoms with Gasteiger partial charge in [-0.2, -0.15) is 0 Å². The van der Waals surface area contributed by atoms with Crippen LogP contribution in [0.1, 0.15) is 35.5 Å². The van der Waals surface area contributed by atoms with Crippen molar-refractivity contribution in [2.24, 2.45) is 5.92 Å². The monoisotopic (exact) mass is 314 g/mol. The molecular formula is C13H19ClN4OS. The van der Waals surface area contributed by atoms with Crippen molar-refractivity contribution >= 4 is 28.8 Å². The summed E-state index contributed by atoms with van der Waals surface area (Å²) in [5.41, 5.74) is 0. The van der Waals surface area contributed by atoms with E-state index in [0.717, 1.165) is 43.2 Å². The number of carbonyl (C=O) groups excluding carboxylic acids is 1. The van der Waals surface area contributed by atoms with Crippen LogP contribution in [0.25, 0.3) is 0 Å². The Kier molecular flexibility index (Phi) is 4.53. The standard InChI is InChI=1S/C13H19ClN4OS/c14-13-16-15-11(20-13)12(19)18-7-3-10(4-8-18)9-17-5-1-2-6-17/h10H,1-9H2. The molecule has 2 aliphatic rings. The molecular weight excluding hydrogens is 296 g/mol. The number of hydrogen-bond acceptors (Lipinski definition) is 5. The highest BCUT2D eigenvalue weighted by molar-refractivity contribution is 7.17. The summed E-state index contributed by atoms with van der Waals surface area (Å²) in [5, 5.41) is 7.94. The third kappa shape index (κ3) is 3.30. The molecule has 0 N–H and O–H groups in total. The molecule has 0 bridgehead atoms. The van der Waals surface area contributed by atoms with Crippen LogP contribution in [0.5, 0.6) is 0 Å². The topological polar surface area (TPSA) is 49.3 Å². The first-order valence-corrected chi connectivity index (χ1v) is 8.42. The van der Waals surface area contributed by atoms with Crippen molar-refractivity contribution in [1.29, 1.82) is 0 Å². The highest BCUT2D eigenvalue weighted by Gasteiger charge is 2.27. The molecule has 2 saturated heterocycles. The maximum atomic E-state index is 12.2. The van der Waals surface area contributed by atoms with Gasteiger partial charge in [0.05, 0.1) is 0 Å². The Morgan fingerprint density at radius 1 is 1.20 bits per heavy atom. The van der Waals surface area contributed by atoms with Crippen LogP contribution in [0.2, 0.25) is 4.47 Å². The lowest BCUT2D eigenvalue weighted by Crippen LogP contribution is -2.41. The molecule has 7 heteroatoms. The summed E-state index contributed by atoms with van der Waals surface area (Å²) in [7, 11) is 0. The molecule has 0 radical (unpaired) electrons. The Bertz CT molecular complexity index is 467. The largest absolute Gasteiger partial charge is 0.337 e. The first-order valence-electron chi connectivity index (χ1n) is 7.23. The van der Waals surface area contributed by atoms with Gasteiger partial charge in [0.15, 0.2) is 0 Å². The Balaban J connectivity index is 1.49. The molecule has 1 aromatic rings. The molecule has 0 atom stereocenters. The van der Waals surface area contributed by atoms with Crippen LogP contribution < -0.4 is 0 Å². The fraction of sp³-hybridized carbons (Fsp3) is 0.769. The van der Waals surface area contributed by atoms with Crippen molar-refractivity contribution in [3.8, 4) is 0 Å². The Morgan fingerprint density at radius 3 is 2.50 bits per heavy atom. The van der Waals surface area contributed by atoms with Gasteiger partial charge in [-0.25, -0.2) is 0 Å². The lowest BCUT2D eigenvalue weighted by atomic mass is 9.96. The van der Waals surface area contributed by atoms with Gasteiger partial charge in [0.2, 0.25) is 9.47 Å². The van der Waals surface area contributed by atoms with E-state index in [1.165, 1.54) is 32.5 Å². The number of halogens is 1. The zero-order valence-electron chi connectivity index (χ0n) is 11.4. The highest BCUT2D eigenvalue weighted by Crippen LogP contribution is 2.23. The van der Waals surface area contributed by atoms with Gasteiger partial charge in [-0.05, 0) is 56.3 Å². The van der Waals surface area contributed by atoms with E-state index in [0.29, 0.717) is 9.47 Å². The summed E-state index contributed by atoms with van der Waals surface area (Å²) < 4.78 is 0.331. The molecule has 2 fully saturated rings. The average Bonchev–Trinajstić information content (AvgIpc) is 3.10. The Morgan fingerprint density at radius 2 is 1.90 bits per heavy atom. The van der Waals surface area contributed by atoms with Crippen LogP contribution in [0.3, 0.4) is 0 Å². The maximum absolute atomic E-state index is 12.2. The molecule has 1 amide bonds. The van der Waals surface area contributed by atoms with Gasteiger partial charge in [-0.1, -0.05) is 11.3 Å². The molecule has 1 aromatic heterocycles. The molecule has 3 heterocycles. The van der Waals surface area contributed by atoms with Gasteiger partial charge < -0.3 is 9.80 Å². The number of rotatable bonds is 3. The average molecular weight is 315 g/mol. The lowest BCUT2D eigenvalue weighted by molar-refractivity contribution is 0.0671. The SMILES string of the molecule is O=C(c1nnc(Cl)s1)N1CCC(CN2CCCC2)CC1. The highest BCUT2D eigenvalue weighted by atomic mass is 35.5. The molecule has 0 spiro atoms. The summed E-state index contributed by atoms with van der Waals surface area (Å²) in [6, 6.07) is 0. The molecule has 2 aliphatic heterocycles. The maximum Gasteiger partial charge on any atom is 0.284 e. The first-order chi connectivity index (χ1) is 9.72. The second-order valence-electron chi connectivity index (χ2n) is 5.60. The van der Waals surface area contributed by atoms with Crippen LogP contribution in [-0.2, 0) is 0 Å². The lowest BCUT2D eigenvalue weighted by Gasteiger charge is -2.33. The number of nitrogens with zero attached hydrogens (tertiary/aromatic N) is 4. The molecule has 0 aliphatic carbocycles. The zero-order chi connectivity index (χ0) is 13.9. The minimum absolute atomic E-state index is 0.0194. The molecule has 110 valence electrons. The van der Waals surface area contributed by atoms with Crippen LogP contribution in [0.4, 0.5) is 0 Å². The van der Waals surface area contributed by atoms with E-state index >= 15 is 0 Å². The Hall–Kier alpha value is -0.720. The van der Waals surface area contributed by atoms with Crippen molar-refractivity contribution in [3.63, 3.8) is 0 Å². The normalized spacial score (nSPS) is 21.6. The van der Waals surface area contributed by atoms with Gasteiger partial charge in [-0.15, -0.1) is 10.2 Å². The minimum Gasteiger partial charge on any atom is -0.337 e. The Labute approximate surface area is 127 Å². The third-order valence-corrected chi connectivity index (χ3v) is 5.21. The van der Waals surface area contributed by atoms with E-state index in [9.17, 15) is 4.79 Å². The predicted octanol–water partition coefficient (Wildman–Crippen LogP) is 2.14. The van der Waals surface area contributed by atoms with Crippen LogP contribution in [0.15, 0.2) is 0 Å². The molecule has 0 unspecified atom stereocenters. The fourth-order valence-corrected chi connectivity index (χ4v) is 3.87. The van der Waals surface area contributed by atoms with Crippen molar-refractivity contribution in [2.75, 3.05) is 32.7 Å². The van der Waals surface area contributed by atoms with Gasteiger partial charge >= 0.3 is 0 Å². The van der Waals surface area contributed by atoms with Gasteiger partial charge in [0, 0.05) is 19.6 Å². The van der Waals surface area contributed by atoms with Crippen LogP contribution in [-0.4, -0.2) is 58.6 Å². The van der Waals surface area contributed by atoms with E-state index in [2.05, 4.69) is 15.1 Å². The minimum atomic E-state index is -0.0194. The zero-order valence-corrected chi connectivity index (χ0v) is 13.0. The van der Waals surface area contributed by atoms with E-state index in [4.69, 9.17) is 11.6 Å². The summed E-state index contributed by atoms with van der Waals surface area (Å²) in [6.45, 7) is 5.36. The van der Waals surface area contributed by atoms with E-state index in [1.807, 2.05) is 4.90 Å². The first kappa shape index (κ1) is 14.2. The smallest absolute Gasteiger partial charge is 0.284 e. The molecule has 5 nitrogen and oxygen atoms in total. The molecule has 0 aromatic carbocycles. The second kappa shape index (κ2) is 6.37. The number of likely N-dealkylation sites (tertiary alicyclic amines) is 2. The quantitative estimate of drug-likeness (QED) is 0.857. The predicted molar refractivity (Wildman–Crippen MR) is 79.2 cm³/mol. The van der Waals surface area contributed by atoms with Crippen molar-refractivity contribution in [3.05, 3.63) is 9.47 Å². The molecule has 0 saturated carbocycles.